The molecule has 5 nitrogen and oxygen atoms in total. The van der Waals surface area contributed by atoms with Crippen LogP contribution in [0.2, 0.25) is 0 Å². The molecule has 22 heavy (non-hydrogen) atoms. The van der Waals surface area contributed by atoms with Crippen LogP contribution in [0, 0.1) is 0 Å². The molecule has 0 aliphatic rings. The van der Waals surface area contributed by atoms with Gasteiger partial charge in [0.25, 0.3) is 0 Å². The molecular formula is C14H8F3N3O2. The van der Waals surface area contributed by atoms with Crippen LogP contribution in [0.3, 0.4) is 0 Å². The van der Waals surface area contributed by atoms with Crippen molar-refractivity contribution in [3.63, 3.8) is 0 Å². The third-order valence-corrected chi connectivity index (χ3v) is 3.12. The Hall–Kier alpha value is -2.90. The Morgan fingerprint density at radius 2 is 2.00 bits per heavy atom. The highest BCUT2D eigenvalue weighted by atomic mass is 19.4. The summed E-state index contributed by atoms with van der Waals surface area (Å²) in [6, 6.07) is 5.22. The molecule has 0 unspecified atom stereocenters. The number of benzene rings is 1. The molecule has 0 saturated carbocycles. The number of aromatic nitrogens is 3. The second kappa shape index (κ2) is 4.83. The number of fused-ring (bicyclic) bond motifs is 1. The number of halogens is 3. The quantitative estimate of drug-likeness (QED) is 0.761. The van der Waals surface area contributed by atoms with E-state index in [0.29, 0.717) is 5.52 Å². The zero-order valence-electron chi connectivity index (χ0n) is 10.8. The van der Waals surface area contributed by atoms with E-state index < -0.39 is 17.7 Å². The van der Waals surface area contributed by atoms with Crippen molar-refractivity contribution in [3.8, 4) is 11.4 Å². The van der Waals surface area contributed by atoms with Crippen molar-refractivity contribution in [1.29, 1.82) is 0 Å². The normalized spacial score (nSPS) is 11.8. The molecule has 2 N–H and O–H groups in total. The zero-order valence-corrected chi connectivity index (χ0v) is 10.8. The van der Waals surface area contributed by atoms with Crippen LogP contribution in [0.5, 0.6) is 0 Å². The molecule has 112 valence electrons. The molecule has 0 radical (unpaired) electrons. The van der Waals surface area contributed by atoms with Gasteiger partial charge in [0.2, 0.25) is 0 Å². The van der Waals surface area contributed by atoms with Crippen molar-refractivity contribution in [2.24, 2.45) is 0 Å². The van der Waals surface area contributed by atoms with Crippen molar-refractivity contribution in [1.82, 2.24) is 15.0 Å². The lowest BCUT2D eigenvalue weighted by Crippen LogP contribution is -2.07. The first kappa shape index (κ1) is 14.1. The molecule has 0 aliphatic heterocycles. The van der Waals surface area contributed by atoms with Gasteiger partial charge >= 0.3 is 12.1 Å². The first-order valence-electron chi connectivity index (χ1n) is 6.11. The van der Waals surface area contributed by atoms with Crippen molar-refractivity contribution in [2.75, 3.05) is 0 Å². The second-order valence-corrected chi connectivity index (χ2v) is 4.51. The highest BCUT2D eigenvalue weighted by Crippen LogP contribution is 2.36. The topological polar surface area (TPSA) is 78.9 Å². The van der Waals surface area contributed by atoms with Gasteiger partial charge < -0.3 is 10.1 Å². The number of aromatic carboxylic acids is 1. The summed E-state index contributed by atoms with van der Waals surface area (Å²) in [4.78, 5) is 21.5. The van der Waals surface area contributed by atoms with Crippen LogP contribution < -0.4 is 0 Å². The fourth-order valence-corrected chi connectivity index (χ4v) is 2.16. The number of aromatic amines is 1. The lowest BCUT2D eigenvalue weighted by atomic mass is 10.1. The third-order valence-electron chi connectivity index (χ3n) is 3.12. The van der Waals surface area contributed by atoms with E-state index in [0.717, 1.165) is 18.5 Å². The van der Waals surface area contributed by atoms with Gasteiger partial charge in [-0.05, 0) is 18.2 Å². The lowest BCUT2D eigenvalue weighted by molar-refractivity contribution is -0.137. The van der Waals surface area contributed by atoms with E-state index in [-0.39, 0.29) is 22.5 Å². The molecule has 8 heteroatoms. The fourth-order valence-electron chi connectivity index (χ4n) is 2.16. The van der Waals surface area contributed by atoms with Gasteiger partial charge in [0.1, 0.15) is 11.3 Å². The van der Waals surface area contributed by atoms with Gasteiger partial charge in [-0.25, -0.2) is 9.78 Å². The predicted octanol–water partition coefficient (Wildman–Crippen LogP) is 3.34. The van der Waals surface area contributed by atoms with Crippen LogP contribution in [0.4, 0.5) is 13.2 Å². The maximum absolute atomic E-state index is 13.0. The zero-order chi connectivity index (χ0) is 15.9. The average molecular weight is 307 g/mol. The Bertz CT molecular complexity index is 871. The number of para-hydroxylation sites is 1. The molecule has 3 rings (SSSR count). The number of hydrogen-bond donors (Lipinski definition) is 2. The minimum Gasteiger partial charge on any atom is -0.478 e. The number of nitrogens with one attached hydrogen (secondary N) is 1. The van der Waals surface area contributed by atoms with Crippen molar-refractivity contribution in [3.05, 3.63) is 47.8 Å². The van der Waals surface area contributed by atoms with Gasteiger partial charge in [-0.15, -0.1) is 0 Å². The molecule has 1 aromatic carbocycles. The van der Waals surface area contributed by atoms with Gasteiger partial charge in [-0.2, -0.15) is 13.2 Å². The number of H-pyrrole nitrogens is 1. The summed E-state index contributed by atoms with van der Waals surface area (Å²) in [6.45, 7) is 0. The van der Waals surface area contributed by atoms with Crippen LogP contribution in [-0.2, 0) is 6.18 Å². The molecule has 3 aromatic rings. The highest BCUT2D eigenvalue weighted by molar-refractivity contribution is 6.01. The van der Waals surface area contributed by atoms with Crippen molar-refractivity contribution < 1.29 is 23.1 Å². The number of carboxylic acid groups (broad SMARTS) is 1. The lowest BCUT2D eigenvalue weighted by Gasteiger charge is -2.09. The number of pyridine rings is 1. The molecule has 0 fully saturated rings. The Morgan fingerprint density at radius 3 is 2.68 bits per heavy atom. The molecule has 2 aromatic heterocycles. The van der Waals surface area contributed by atoms with Crippen molar-refractivity contribution >= 4 is 17.0 Å². The standard InChI is InChI=1S/C14H8F3N3O2/c15-14(16,17)9-4-5-18-6-8(9)12-19-10-3-1-2-7(13(21)22)11(10)20-12/h1-6H,(H,19,20)(H,21,22). The summed E-state index contributed by atoms with van der Waals surface area (Å²) in [6.07, 6.45) is -2.48. The van der Waals surface area contributed by atoms with E-state index in [9.17, 15) is 18.0 Å². The van der Waals surface area contributed by atoms with Crippen molar-refractivity contribution in [2.45, 2.75) is 6.18 Å². The van der Waals surface area contributed by atoms with Crippen LogP contribution in [-0.4, -0.2) is 26.0 Å². The maximum atomic E-state index is 13.0. The largest absolute Gasteiger partial charge is 0.478 e. The monoisotopic (exact) mass is 307 g/mol. The Balaban J connectivity index is 2.25. The summed E-state index contributed by atoms with van der Waals surface area (Å²) < 4.78 is 39.1. The number of hydrogen-bond acceptors (Lipinski definition) is 3. The van der Waals surface area contributed by atoms with Gasteiger partial charge in [-0.3, -0.25) is 4.98 Å². The van der Waals surface area contributed by atoms with E-state index >= 15 is 0 Å². The summed E-state index contributed by atoms with van der Waals surface area (Å²) in [5.74, 6) is -1.28. The van der Waals surface area contributed by atoms with Crippen LogP contribution >= 0.6 is 0 Å². The minimum absolute atomic E-state index is 0.0795. The van der Waals surface area contributed by atoms with Gasteiger partial charge in [-0.1, -0.05) is 6.07 Å². The summed E-state index contributed by atoms with van der Waals surface area (Å²) >= 11 is 0. The Morgan fingerprint density at radius 1 is 1.23 bits per heavy atom. The molecular weight excluding hydrogens is 299 g/mol. The van der Waals surface area contributed by atoms with Crippen LogP contribution in [0.15, 0.2) is 36.7 Å². The number of imidazole rings is 1. The molecule has 0 saturated heterocycles. The van der Waals surface area contributed by atoms with E-state index in [1.54, 1.807) is 6.07 Å². The number of rotatable bonds is 2. The predicted molar refractivity (Wildman–Crippen MR) is 71.3 cm³/mol. The van der Waals surface area contributed by atoms with E-state index in [2.05, 4.69) is 15.0 Å². The minimum atomic E-state index is -4.56. The number of nitrogens with zero attached hydrogens (tertiary/aromatic N) is 2. The van der Waals surface area contributed by atoms with Gasteiger partial charge in [0.05, 0.1) is 16.6 Å². The first-order valence-corrected chi connectivity index (χ1v) is 6.11. The van der Waals surface area contributed by atoms with Gasteiger partial charge in [0, 0.05) is 18.0 Å². The third kappa shape index (κ3) is 2.28. The maximum Gasteiger partial charge on any atom is 0.417 e. The fraction of sp³-hybridized carbons (Fsp3) is 0.0714. The SMILES string of the molecule is O=C(O)c1cccc2[nH]c(-c3cnccc3C(F)(F)F)nc12. The summed E-state index contributed by atoms with van der Waals surface area (Å²) in [7, 11) is 0. The highest BCUT2D eigenvalue weighted by Gasteiger charge is 2.34. The average Bonchev–Trinajstić information content (AvgIpc) is 2.89. The number of carboxylic acids is 1. The summed E-state index contributed by atoms with van der Waals surface area (Å²) in [5.41, 5.74) is -0.771. The first-order chi connectivity index (χ1) is 10.4. The van der Waals surface area contributed by atoms with Crippen LogP contribution in [0.25, 0.3) is 22.4 Å². The molecule has 0 amide bonds. The van der Waals surface area contributed by atoms with Gasteiger partial charge in [0.15, 0.2) is 0 Å². The van der Waals surface area contributed by atoms with E-state index in [1.807, 2.05) is 0 Å². The number of alkyl halides is 3. The molecule has 0 aliphatic carbocycles. The van der Waals surface area contributed by atoms with E-state index in [4.69, 9.17) is 5.11 Å². The smallest absolute Gasteiger partial charge is 0.417 e. The number of carbonyl (C=O) groups is 1. The molecule has 0 atom stereocenters. The molecule has 2 heterocycles. The molecule has 0 spiro atoms. The summed E-state index contributed by atoms with van der Waals surface area (Å²) in [5, 5.41) is 9.10. The van der Waals surface area contributed by atoms with Crippen LogP contribution in [0.1, 0.15) is 15.9 Å². The second-order valence-electron chi connectivity index (χ2n) is 4.51. The Kier molecular flexibility index (Phi) is 3.09. The Labute approximate surface area is 121 Å². The molecule has 0 bridgehead atoms. The van der Waals surface area contributed by atoms with E-state index in [1.165, 1.54) is 12.1 Å².